The van der Waals surface area contributed by atoms with Crippen LogP contribution in [-0.2, 0) is 9.53 Å². The van der Waals surface area contributed by atoms with E-state index in [1.807, 2.05) is 0 Å². The van der Waals surface area contributed by atoms with Crippen molar-refractivity contribution >= 4 is 5.97 Å². The van der Waals surface area contributed by atoms with Crippen LogP contribution in [-0.4, -0.2) is 11.6 Å². The molecule has 0 radical (unpaired) electrons. The lowest BCUT2D eigenvalue weighted by Gasteiger charge is -2.59. The summed E-state index contributed by atoms with van der Waals surface area (Å²) in [6.45, 7) is 5.79. The van der Waals surface area contributed by atoms with E-state index in [0.717, 1.165) is 30.6 Å². The summed E-state index contributed by atoms with van der Waals surface area (Å²) in [5, 5.41) is 0. The SMILES string of the molecule is C=CC(=O)OC12CC3CC(CC(C3)C1C)C2. The molecule has 0 aromatic carbocycles. The number of rotatable bonds is 2. The van der Waals surface area contributed by atoms with E-state index in [0.29, 0.717) is 5.92 Å². The molecule has 4 saturated carbocycles. The van der Waals surface area contributed by atoms with Gasteiger partial charge in [-0.3, -0.25) is 0 Å². The molecule has 0 aromatic rings. The first kappa shape index (κ1) is 10.4. The van der Waals surface area contributed by atoms with E-state index in [4.69, 9.17) is 4.74 Å². The molecule has 0 amide bonds. The molecule has 3 unspecified atom stereocenters. The number of esters is 1. The molecule has 4 aliphatic carbocycles. The first-order valence-corrected chi connectivity index (χ1v) is 6.48. The van der Waals surface area contributed by atoms with Crippen molar-refractivity contribution in [3.63, 3.8) is 0 Å². The Bertz CT molecular complexity index is 320. The average molecular weight is 220 g/mol. The molecule has 0 saturated heterocycles. The molecule has 16 heavy (non-hydrogen) atoms. The number of hydrogen-bond acceptors (Lipinski definition) is 2. The highest BCUT2D eigenvalue weighted by Gasteiger charge is 2.57. The molecule has 4 rings (SSSR count). The largest absolute Gasteiger partial charge is 0.456 e. The van der Waals surface area contributed by atoms with Gasteiger partial charge in [-0.15, -0.1) is 0 Å². The van der Waals surface area contributed by atoms with Crippen molar-refractivity contribution in [3.8, 4) is 0 Å². The number of ether oxygens (including phenoxy) is 1. The molecule has 4 bridgehead atoms. The zero-order valence-electron chi connectivity index (χ0n) is 9.95. The summed E-state index contributed by atoms with van der Waals surface area (Å²) in [5.41, 5.74) is -0.139. The molecule has 3 atom stereocenters. The molecule has 88 valence electrons. The second-order valence-electron chi connectivity index (χ2n) is 6.09. The Morgan fingerprint density at radius 1 is 1.31 bits per heavy atom. The molecule has 0 aromatic heterocycles. The monoisotopic (exact) mass is 220 g/mol. The van der Waals surface area contributed by atoms with Gasteiger partial charge in [0.15, 0.2) is 0 Å². The predicted octanol–water partition coefficient (Wildman–Crippen LogP) is 2.93. The third-order valence-electron chi connectivity index (χ3n) is 5.21. The van der Waals surface area contributed by atoms with E-state index in [1.165, 1.54) is 25.3 Å². The molecule has 4 aliphatic rings. The Morgan fingerprint density at radius 2 is 1.94 bits per heavy atom. The molecule has 0 N–H and O–H groups in total. The standard InChI is InChI=1S/C14H20O2/c1-3-13(15)16-14-7-10-4-11(8-14)6-12(5-10)9(14)2/h3,9-12H,1,4-8H2,2H3. The van der Waals surface area contributed by atoms with Crippen molar-refractivity contribution in [2.45, 2.75) is 44.6 Å². The second-order valence-corrected chi connectivity index (χ2v) is 6.09. The van der Waals surface area contributed by atoms with Crippen LogP contribution in [0.4, 0.5) is 0 Å². The summed E-state index contributed by atoms with van der Waals surface area (Å²) in [4.78, 5) is 11.5. The number of carbonyl (C=O) groups excluding carboxylic acids is 1. The Morgan fingerprint density at radius 3 is 2.50 bits per heavy atom. The quantitative estimate of drug-likeness (QED) is 0.528. The molecular weight excluding hydrogens is 200 g/mol. The summed E-state index contributed by atoms with van der Waals surface area (Å²) < 4.78 is 5.76. The molecule has 2 nitrogen and oxygen atoms in total. The summed E-state index contributed by atoms with van der Waals surface area (Å²) in [7, 11) is 0. The lowest BCUT2D eigenvalue weighted by atomic mass is 9.50. The number of carbonyl (C=O) groups is 1. The minimum atomic E-state index is -0.228. The van der Waals surface area contributed by atoms with Gasteiger partial charge in [0.2, 0.25) is 0 Å². The maximum atomic E-state index is 11.5. The molecule has 0 aliphatic heterocycles. The van der Waals surface area contributed by atoms with E-state index < -0.39 is 0 Å². The first-order chi connectivity index (χ1) is 7.63. The maximum absolute atomic E-state index is 11.5. The summed E-state index contributed by atoms with van der Waals surface area (Å²) >= 11 is 0. The Labute approximate surface area is 97.1 Å². The van der Waals surface area contributed by atoms with E-state index in [9.17, 15) is 4.79 Å². The van der Waals surface area contributed by atoms with Crippen LogP contribution in [0.1, 0.15) is 39.0 Å². The van der Waals surface area contributed by atoms with Crippen molar-refractivity contribution in [2.75, 3.05) is 0 Å². The average Bonchev–Trinajstić information content (AvgIpc) is 2.24. The van der Waals surface area contributed by atoms with Crippen molar-refractivity contribution < 1.29 is 9.53 Å². The minimum absolute atomic E-state index is 0.139. The Hall–Kier alpha value is -0.790. The zero-order valence-corrected chi connectivity index (χ0v) is 9.95. The fraction of sp³-hybridized carbons (Fsp3) is 0.786. The van der Waals surface area contributed by atoms with Gasteiger partial charge >= 0.3 is 5.97 Å². The van der Waals surface area contributed by atoms with Gasteiger partial charge in [0.25, 0.3) is 0 Å². The van der Waals surface area contributed by atoms with Crippen LogP contribution < -0.4 is 0 Å². The van der Waals surface area contributed by atoms with Gasteiger partial charge in [-0.2, -0.15) is 0 Å². The van der Waals surface area contributed by atoms with Gasteiger partial charge in [-0.25, -0.2) is 4.79 Å². The zero-order chi connectivity index (χ0) is 11.3. The van der Waals surface area contributed by atoms with Gasteiger partial charge in [0.05, 0.1) is 0 Å². The fourth-order valence-corrected chi connectivity index (χ4v) is 4.64. The Kier molecular flexibility index (Phi) is 2.17. The highest BCUT2D eigenvalue weighted by molar-refractivity contribution is 5.81. The smallest absolute Gasteiger partial charge is 0.330 e. The van der Waals surface area contributed by atoms with E-state index in [2.05, 4.69) is 13.5 Å². The van der Waals surface area contributed by atoms with Gasteiger partial charge < -0.3 is 4.74 Å². The summed E-state index contributed by atoms with van der Waals surface area (Å²) in [6.07, 6.45) is 7.61. The first-order valence-electron chi connectivity index (χ1n) is 6.48. The maximum Gasteiger partial charge on any atom is 0.330 e. The normalized spacial score (nSPS) is 49.1. The van der Waals surface area contributed by atoms with Crippen LogP contribution in [0.3, 0.4) is 0 Å². The second kappa shape index (κ2) is 3.35. The van der Waals surface area contributed by atoms with Crippen molar-refractivity contribution in [3.05, 3.63) is 12.7 Å². The van der Waals surface area contributed by atoms with E-state index in [1.54, 1.807) is 0 Å². The van der Waals surface area contributed by atoms with Crippen molar-refractivity contribution in [1.82, 2.24) is 0 Å². The van der Waals surface area contributed by atoms with Gasteiger partial charge in [0.1, 0.15) is 5.60 Å². The lowest BCUT2D eigenvalue weighted by Crippen LogP contribution is -2.58. The molecule has 2 heteroatoms. The van der Waals surface area contributed by atoms with Gasteiger partial charge in [0, 0.05) is 6.08 Å². The molecule has 0 spiro atoms. The fourth-order valence-electron chi connectivity index (χ4n) is 4.64. The number of hydrogen-bond donors (Lipinski definition) is 0. The van der Waals surface area contributed by atoms with E-state index in [-0.39, 0.29) is 11.6 Å². The third-order valence-corrected chi connectivity index (χ3v) is 5.21. The van der Waals surface area contributed by atoms with Crippen LogP contribution in [0.25, 0.3) is 0 Å². The highest BCUT2D eigenvalue weighted by Crippen LogP contribution is 2.59. The molecular formula is C14H20O2. The minimum Gasteiger partial charge on any atom is -0.456 e. The topological polar surface area (TPSA) is 26.3 Å². The van der Waals surface area contributed by atoms with Gasteiger partial charge in [-0.1, -0.05) is 13.5 Å². The molecule has 4 fully saturated rings. The highest BCUT2D eigenvalue weighted by atomic mass is 16.6. The van der Waals surface area contributed by atoms with Crippen LogP contribution in [0, 0.1) is 23.7 Å². The summed E-state index contributed by atoms with van der Waals surface area (Å²) in [5.74, 6) is 2.74. The van der Waals surface area contributed by atoms with Gasteiger partial charge in [-0.05, 0) is 55.8 Å². The lowest BCUT2D eigenvalue weighted by molar-refractivity contribution is -0.200. The van der Waals surface area contributed by atoms with Crippen molar-refractivity contribution in [2.24, 2.45) is 23.7 Å². The predicted molar refractivity (Wildman–Crippen MR) is 61.7 cm³/mol. The van der Waals surface area contributed by atoms with E-state index >= 15 is 0 Å². The summed E-state index contributed by atoms with van der Waals surface area (Å²) in [6, 6.07) is 0. The van der Waals surface area contributed by atoms with Crippen LogP contribution in [0.5, 0.6) is 0 Å². The van der Waals surface area contributed by atoms with Crippen molar-refractivity contribution in [1.29, 1.82) is 0 Å². The third kappa shape index (κ3) is 1.35. The van der Waals surface area contributed by atoms with Crippen LogP contribution in [0.15, 0.2) is 12.7 Å². The van der Waals surface area contributed by atoms with Crippen LogP contribution >= 0.6 is 0 Å². The molecule has 0 heterocycles. The Balaban J connectivity index is 1.87. The van der Waals surface area contributed by atoms with Crippen LogP contribution in [0.2, 0.25) is 0 Å².